The second-order valence-electron chi connectivity index (χ2n) is 5.75. The fourth-order valence-corrected chi connectivity index (χ4v) is 2.47. The van der Waals surface area contributed by atoms with Gasteiger partial charge in [-0.2, -0.15) is 0 Å². The van der Waals surface area contributed by atoms with E-state index in [1.165, 1.54) is 26.2 Å². The zero-order valence-corrected chi connectivity index (χ0v) is 15.1. The van der Waals surface area contributed by atoms with E-state index < -0.39 is 0 Å². The van der Waals surface area contributed by atoms with E-state index >= 15 is 0 Å². The third-order valence-electron chi connectivity index (χ3n) is 3.92. The van der Waals surface area contributed by atoms with Crippen molar-refractivity contribution in [1.82, 2.24) is 4.90 Å². The van der Waals surface area contributed by atoms with Crippen LogP contribution < -0.4 is 9.47 Å². The topological polar surface area (TPSA) is 55.8 Å². The molecule has 6 heteroatoms. The Labute approximate surface area is 152 Å². The van der Waals surface area contributed by atoms with E-state index in [4.69, 9.17) is 9.47 Å². The van der Waals surface area contributed by atoms with Crippen molar-refractivity contribution in [2.75, 3.05) is 20.3 Å². The lowest BCUT2D eigenvalue weighted by atomic mass is 10.1. The Balaban J connectivity index is 2.03. The van der Waals surface area contributed by atoms with Crippen LogP contribution in [-0.4, -0.2) is 36.9 Å². The quantitative estimate of drug-likeness (QED) is 0.677. The molecule has 0 bridgehead atoms. The summed E-state index contributed by atoms with van der Waals surface area (Å²) in [5.74, 6) is 0.122. The van der Waals surface area contributed by atoms with Crippen molar-refractivity contribution in [1.29, 1.82) is 0 Å². The molecule has 0 N–H and O–H groups in total. The molecule has 0 fully saturated rings. The van der Waals surface area contributed by atoms with E-state index in [-0.39, 0.29) is 24.1 Å². The van der Waals surface area contributed by atoms with Gasteiger partial charge < -0.3 is 14.4 Å². The van der Waals surface area contributed by atoms with E-state index in [0.717, 1.165) is 0 Å². The Morgan fingerprint density at radius 1 is 1.12 bits per heavy atom. The third kappa shape index (κ3) is 5.05. The second-order valence-corrected chi connectivity index (χ2v) is 5.75. The summed E-state index contributed by atoms with van der Waals surface area (Å²) in [4.78, 5) is 25.4. The Morgan fingerprint density at radius 3 is 2.50 bits per heavy atom. The van der Waals surface area contributed by atoms with Gasteiger partial charge in [-0.25, -0.2) is 4.39 Å². The number of methoxy groups -OCH3 is 1. The molecule has 0 aliphatic carbocycles. The van der Waals surface area contributed by atoms with Crippen LogP contribution in [0, 0.1) is 5.82 Å². The maximum atomic E-state index is 13.3. The average Bonchev–Trinajstić information content (AvgIpc) is 2.63. The number of likely N-dealkylation sites (N-methyl/N-ethyl adjacent to an activating group) is 1. The number of hydrogen-bond donors (Lipinski definition) is 0. The lowest BCUT2D eigenvalue weighted by molar-refractivity contribution is -0.133. The summed E-state index contributed by atoms with van der Waals surface area (Å²) < 4.78 is 24.1. The number of hydrogen-bond acceptors (Lipinski definition) is 4. The van der Waals surface area contributed by atoms with Crippen molar-refractivity contribution in [2.24, 2.45) is 0 Å². The van der Waals surface area contributed by atoms with Crippen LogP contribution in [-0.2, 0) is 11.3 Å². The lowest BCUT2D eigenvalue weighted by Gasteiger charge is -2.21. The first kappa shape index (κ1) is 19.4. The largest absolute Gasteiger partial charge is 0.493 e. The first-order valence-corrected chi connectivity index (χ1v) is 8.28. The van der Waals surface area contributed by atoms with Gasteiger partial charge in [0.2, 0.25) is 0 Å². The molecule has 0 saturated carbocycles. The van der Waals surface area contributed by atoms with Gasteiger partial charge in [-0.05, 0) is 49.7 Å². The summed E-state index contributed by atoms with van der Waals surface area (Å²) in [6.45, 7) is 3.90. The molecular weight excluding hydrogens is 337 g/mol. The van der Waals surface area contributed by atoms with Crippen LogP contribution in [0.5, 0.6) is 11.5 Å². The summed E-state index contributed by atoms with van der Waals surface area (Å²) in [5, 5.41) is 0. The molecule has 0 aliphatic rings. The van der Waals surface area contributed by atoms with E-state index in [0.29, 0.717) is 35.7 Å². The van der Waals surface area contributed by atoms with E-state index in [9.17, 15) is 14.0 Å². The van der Waals surface area contributed by atoms with Gasteiger partial charge in [0.25, 0.3) is 5.91 Å². The Hall–Kier alpha value is -2.89. The highest BCUT2D eigenvalue weighted by molar-refractivity contribution is 5.94. The third-order valence-corrected chi connectivity index (χ3v) is 3.92. The number of benzene rings is 2. The highest BCUT2D eigenvalue weighted by atomic mass is 19.1. The first-order valence-electron chi connectivity index (χ1n) is 8.28. The van der Waals surface area contributed by atoms with Crippen molar-refractivity contribution in [3.8, 4) is 11.5 Å². The second kappa shape index (κ2) is 8.99. The minimum absolute atomic E-state index is 0.0850. The van der Waals surface area contributed by atoms with Gasteiger partial charge in [0, 0.05) is 18.7 Å². The number of ketones is 1. The molecule has 0 unspecified atom stereocenters. The summed E-state index contributed by atoms with van der Waals surface area (Å²) in [5.41, 5.74) is 1.21. The molecule has 1 amide bonds. The minimum atomic E-state index is -0.336. The number of rotatable bonds is 8. The van der Waals surface area contributed by atoms with Crippen molar-refractivity contribution in [3.05, 3.63) is 59.4 Å². The molecule has 0 aliphatic heterocycles. The summed E-state index contributed by atoms with van der Waals surface area (Å²) in [6.07, 6.45) is 0. The molecule has 138 valence electrons. The zero-order chi connectivity index (χ0) is 19.1. The van der Waals surface area contributed by atoms with E-state index in [1.807, 2.05) is 6.92 Å². The van der Waals surface area contributed by atoms with Gasteiger partial charge in [-0.3, -0.25) is 9.59 Å². The van der Waals surface area contributed by atoms with Crippen LogP contribution in [0.15, 0.2) is 42.5 Å². The highest BCUT2D eigenvalue weighted by Gasteiger charge is 2.15. The lowest BCUT2D eigenvalue weighted by Crippen LogP contribution is -2.34. The van der Waals surface area contributed by atoms with Crippen molar-refractivity contribution in [2.45, 2.75) is 20.4 Å². The molecule has 0 saturated heterocycles. The molecule has 2 aromatic carbocycles. The normalized spacial score (nSPS) is 10.3. The Kier molecular flexibility index (Phi) is 6.72. The smallest absolute Gasteiger partial charge is 0.260 e. The van der Waals surface area contributed by atoms with Crippen LogP contribution in [0.4, 0.5) is 4.39 Å². The van der Waals surface area contributed by atoms with Crippen LogP contribution in [0.3, 0.4) is 0 Å². The number of carbonyl (C=O) groups excluding carboxylic acids is 2. The molecule has 0 atom stereocenters. The van der Waals surface area contributed by atoms with Gasteiger partial charge in [-0.1, -0.05) is 12.1 Å². The van der Waals surface area contributed by atoms with Gasteiger partial charge in [0.1, 0.15) is 5.82 Å². The number of nitrogens with zero attached hydrogens (tertiary/aromatic N) is 1. The van der Waals surface area contributed by atoms with Crippen LogP contribution in [0.1, 0.15) is 29.8 Å². The van der Waals surface area contributed by atoms with Crippen molar-refractivity contribution in [3.63, 3.8) is 0 Å². The minimum Gasteiger partial charge on any atom is -0.493 e. The fraction of sp³-hybridized carbons (Fsp3) is 0.300. The molecular formula is C20H22FNO4. The van der Waals surface area contributed by atoms with Gasteiger partial charge in [0.15, 0.2) is 23.9 Å². The van der Waals surface area contributed by atoms with Crippen LogP contribution >= 0.6 is 0 Å². The molecule has 2 rings (SSSR count). The Morgan fingerprint density at radius 2 is 1.88 bits per heavy atom. The number of Topliss-reactive ketones (excluding diaryl/α,β-unsaturated/α-hetero) is 1. The van der Waals surface area contributed by atoms with E-state index in [1.54, 1.807) is 35.2 Å². The van der Waals surface area contributed by atoms with Crippen molar-refractivity contribution >= 4 is 11.7 Å². The molecule has 2 aromatic rings. The predicted molar refractivity (Wildman–Crippen MR) is 96.0 cm³/mol. The maximum absolute atomic E-state index is 13.3. The monoisotopic (exact) mass is 359 g/mol. The molecule has 0 aromatic heterocycles. The number of halogens is 1. The zero-order valence-electron chi connectivity index (χ0n) is 15.1. The van der Waals surface area contributed by atoms with E-state index in [2.05, 4.69) is 0 Å². The maximum Gasteiger partial charge on any atom is 0.260 e. The summed E-state index contributed by atoms with van der Waals surface area (Å²) in [7, 11) is 1.47. The Bertz CT molecular complexity index is 791. The number of amides is 1. The molecule has 0 spiro atoms. The standard InChI is InChI=1S/C20H22FNO4/c1-4-22(12-15-6-5-7-17(21)10-15)20(24)13-26-18-9-8-16(14(2)23)11-19(18)25-3/h5-11H,4,12-13H2,1-3H3. The predicted octanol–water partition coefficient (Wildman–Crippen LogP) is 3.46. The molecule has 0 heterocycles. The van der Waals surface area contributed by atoms with Gasteiger partial charge in [-0.15, -0.1) is 0 Å². The highest BCUT2D eigenvalue weighted by Crippen LogP contribution is 2.28. The number of carbonyl (C=O) groups is 2. The van der Waals surface area contributed by atoms with Gasteiger partial charge in [0.05, 0.1) is 7.11 Å². The summed E-state index contributed by atoms with van der Waals surface area (Å²) >= 11 is 0. The molecule has 0 radical (unpaired) electrons. The van der Waals surface area contributed by atoms with Crippen LogP contribution in [0.2, 0.25) is 0 Å². The van der Waals surface area contributed by atoms with Crippen LogP contribution in [0.25, 0.3) is 0 Å². The summed E-state index contributed by atoms with van der Waals surface area (Å²) in [6, 6.07) is 10.9. The fourth-order valence-electron chi connectivity index (χ4n) is 2.47. The SMILES string of the molecule is CCN(Cc1cccc(F)c1)C(=O)COc1ccc(C(C)=O)cc1OC. The molecule has 5 nitrogen and oxygen atoms in total. The average molecular weight is 359 g/mol. The number of ether oxygens (including phenoxy) is 2. The molecule has 26 heavy (non-hydrogen) atoms. The van der Waals surface area contributed by atoms with Gasteiger partial charge >= 0.3 is 0 Å². The first-order chi connectivity index (χ1) is 12.4. The van der Waals surface area contributed by atoms with Crippen molar-refractivity contribution < 1.29 is 23.5 Å².